The topological polar surface area (TPSA) is 140 Å². The van der Waals surface area contributed by atoms with Gasteiger partial charge in [-0.25, -0.2) is 14.6 Å². The largest absolute Gasteiger partial charge is 0.422 e. The maximum absolute atomic E-state index is 13.2. The minimum atomic E-state index is -0.749. The minimum Gasteiger partial charge on any atom is -0.422 e. The molecule has 0 aliphatic rings. The molecule has 0 spiro atoms. The van der Waals surface area contributed by atoms with Crippen LogP contribution >= 0.6 is 15.9 Å². The van der Waals surface area contributed by atoms with Gasteiger partial charge < -0.3 is 10.1 Å². The number of hydrogen-bond acceptors (Lipinski definition) is 7. The number of nitro groups is 1. The molecule has 0 radical (unpaired) electrons. The number of esters is 1. The van der Waals surface area contributed by atoms with Gasteiger partial charge in [-0.3, -0.25) is 19.7 Å². The smallest absolute Gasteiger partial charge is 0.343 e. The number of nitro benzene ring substituents is 1. The highest BCUT2D eigenvalue weighted by Crippen LogP contribution is 2.23. The van der Waals surface area contributed by atoms with Gasteiger partial charge in [-0.05, 0) is 48.5 Å². The van der Waals surface area contributed by atoms with E-state index in [0.717, 1.165) is 6.07 Å². The third-order valence-corrected chi connectivity index (χ3v) is 4.87. The third-order valence-electron chi connectivity index (χ3n) is 4.38. The van der Waals surface area contributed by atoms with Gasteiger partial charge in [0.15, 0.2) is 0 Å². The second-order valence-electron chi connectivity index (χ2n) is 6.86. The van der Waals surface area contributed by atoms with Gasteiger partial charge >= 0.3 is 5.97 Å². The lowest BCUT2D eigenvalue weighted by atomic mass is 10.2. The van der Waals surface area contributed by atoms with Gasteiger partial charge in [0.05, 0.1) is 23.2 Å². The third kappa shape index (κ3) is 7.27. The Hall–Kier alpha value is -4.45. The van der Waals surface area contributed by atoms with Gasteiger partial charge in [0, 0.05) is 27.7 Å². The maximum Gasteiger partial charge on any atom is 0.343 e. The predicted octanol–water partition coefficient (Wildman–Crippen LogP) is 3.60. The summed E-state index contributed by atoms with van der Waals surface area (Å²) >= 11 is 3.29. The van der Waals surface area contributed by atoms with Crippen molar-refractivity contribution in [1.29, 1.82) is 0 Å². The molecule has 0 aliphatic carbocycles. The summed E-state index contributed by atoms with van der Waals surface area (Å²) in [6, 6.07) is 14.6. The zero-order valence-corrected chi connectivity index (χ0v) is 19.3. The molecule has 0 saturated carbocycles. The van der Waals surface area contributed by atoms with E-state index in [0.29, 0.717) is 10.0 Å². The van der Waals surface area contributed by atoms with E-state index in [1.165, 1.54) is 54.7 Å². The number of ether oxygens (including phenoxy) is 1. The van der Waals surface area contributed by atoms with E-state index in [1.54, 1.807) is 12.1 Å². The molecule has 2 N–H and O–H groups in total. The molecule has 0 fully saturated rings. The summed E-state index contributed by atoms with van der Waals surface area (Å²) in [6.07, 6.45) is 1.23. The number of nitrogens with one attached hydrogen (secondary N) is 2. The van der Waals surface area contributed by atoms with Crippen LogP contribution in [-0.4, -0.2) is 35.5 Å². The molecule has 2 amide bonds. The summed E-state index contributed by atoms with van der Waals surface area (Å²) in [4.78, 5) is 46.5. The van der Waals surface area contributed by atoms with Crippen molar-refractivity contribution in [1.82, 2.24) is 10.7 Å². The first-order chi connectivity index (χ1) is 16.7. The molecule has 3 aromatic carbocycles. The number of benzene rings is 3. The van der Waals surface area contributed by atoms with Gasteiger partial charge in [-0.2, -0.15) is 5.10 Å². The van der Waals surface area contributed by atoms with Crippen molar-refractivity contribution >= 4 is 45.6 Å². The fraction of sp³-hybridized carbons (Fsp3) is 0.0435. The Morgan fingerprint density at radius 1 is 1.06 bits per heavy atom. The SMILES string of the molecule is O=C(CNC(=O)c1cccc(F)c1)N/N=C/c1cc(Br)ccc1OC(=O)c1ccc([N+](=O)[O-])cc1. The quantitative estimate of drug-likeness (QED) is 0.146. The zero-order valence-electron chi connectivity index (χ0n) is 17.7. The van der Waals surface area contributed by atoms with E-state index in [2.05, 4.69) is 31.8 Å². The fourth-order valence-electron chi connectivity index (χ4n) is 2.70. The number of nitrogens with zero attached hydrogens (tertiary/aromatic N) is 2. The van der Waals surface area contributed by atoms with Crippen LogP contribution in [0.25, 0.3) is 0 Å². The molecule has 0 bridgehead atoms. The highest BCUT2D eigenvalue weighted by Gasteiger charge is 2.14. The predicted molar refractivity (Wildman–Crippen MR) is 127 cm³/mol. The standard InChI is InChI=1S/C23H16BrFN4O6/c24-17-6-9-20(35-23(32)14-4-7-19(8-5-14)29(33)34)16(10-17)12-27-28-21(30)13-26-22(31)15-2-1-3-18(25)11-15/h1-12H,13H2,(H,26,31)(H,28,30)/b27-12+. The van der Waals surface area contributed by atoms with Crippen LogP contribution in [0.4, 0.5) is 10.1 Å². The Balaban J connectivity index is 1.60. The van der Waals surface area contributed by atoms with Crippen LogP contribution in [0.2, 0.25) is 0 Å². The summed E-state index contributed by atoms with van der Waals surface area (Å²) in [5, 5.41) is 16.9. The van der Waals surface area contributed by atoms with Gasteiger partial charge in [0.2, 0.25) is 0 Å². The van der Waals surface area contributed by atoms with Crippen molar-refractivity contribution in [3.8, 4) is 5.75 Å². The highest BCUT2D eigenvalue weighted by atomic mass is 79.9. The number of hydrogen-bond donors (Lipinski definition) is 2. The van der Waals surface area contributed by atoms with Crippen LogP contribution < -0.4 is 15.5 Å². The minimum absolute atomic E-state index is 0.0647. The second-order valence-corrected chi connectivity index (χ2v) is 7.78. The normalized spacial score (nSPS) is 10.6. The van der Waals surface area contributed by atoms with Crippen LogP contribution in [0.15, 0.2) is 76.3 Å². The number of hydrazone groups is 1. The zero-order chi connectivity index (χ0) is 25.4. The van der Waals surface area contributed by atoms with Crippen LogP contribution in [0.3, 0.4) is 0 Å². The molecule has 3 rings (SSSR count). The molecule has 3 aromatic rings. The Labute approximate surface area is 206 Å². The number of non-ortho nitro benzene ring substituents is 1. The van der Waals surface area contributed by atoms with Crippen molar-refractivity contribution in [2.75, 3.05) is 6.54 Å². The molecule has 10 nitrogen and oxygen atoms in total. The van der Waals surface area contributed by atoms with Gasteiger partial charge in [-0.1, -0.05) is 22.0 Å². The van der Waals surface area contributed by atoms with Crippen LogP contribution in [0.5, 0.6) is 5.75 Å². The summed E-state index contributed by atoms with van der Waals surface area (Å²) in [5.74, 6) is -2.48. The molecule has 35 heavy (non-hydrogen) atoms. The molecule has 178 valence electrons. The van der Waals surface area contributed by atoms with E-state index in [4.69, 9.17) is 4.74 Å². The molecule has 0 atom stereocenters. The second kappa shape index (κ2) is 11.6. The van der Waals surface area contributed by atoms with E-state index < -0.39 is 35.1 Å². The summed E-state index contributed by atoms with van der Waals surface area (Å²) in [6.45, 7) is -0.410. The number of halogens is 2. The van der Waals surface area contributed by atoms with Crippen LogP contribution in [0.1, 0.15) is 26.3 Å². The number of rotatable bonds is 8. The van der Waals surface area contributed by atoms with Gasteiger partial charge in [0.1, 0.15) is 11.6 Å². The van der Waals surface area contributed by atoms with E-state index >= 15 is 0 Å². The first kappa shape index (κ1) is 25.2. The van der Waals surface area contributed by atoms with Crippen molar-refractivity contribution < 1.29 is 28.4 Å². The molecule has 0 aliphatic heterocycles. The first-order valence-corrected chi connectivity index (χ1v) is 10.6. The lowest BCUT2D eigenvalue weighted by molar-refractivity contribution is -0.384. The Bertz CT molecular complexity index is 1310. The molecular formula is C23H16BrFN4O6. The van der Waals surface area contributed by atoms with E-state index in [-0.39, 0.29) is 22.6 Å². The molecule has 0 heterocycles. The Morgan fingerprint density at radius 3 is 2.49 bits per heavy atom. The van der Waals surface area contributed by atoms with Crippen molar-refractivity contribution in [2.24, 2.45) is 5.10 Å². The van der Waals surface area contributed by atoms with Crippen LogP contribution in [0, 0.1) is 15.9 Å². The maximum atomic E-state index is 13.2. The number of carbonyl (C=O) groups excluding carboxylic acids is 3. The van der Waals surface area contributed by atoms with Gasteiger partial charge in [-0.15, -0.1) is 0 Å². The van der Waals surface area contributed by atoms with Crippen molar-refractivity contribution in [3.63, 3.8) is 0 Å². The Morgan fingerprint density at radius 2 is 1.80 bits per heavy atom. The molecule has 0 saturated heterocycles. The highest BCUT2D eigenvalue weighted by molar-refractivity contribution is 9.10. The average molecular weight is 543 g/mol. The average Bonchev–Trinajstić information content (AvgIpc) is 2.84. The molecular weight excluding hydrogens is 527 g/mol. The summed E-state index contributed by atoms with van der Waals surface area (Å²) in [7, 11) is 0. The van der Waals surface area contributed by atoms with E-state index in [9.17, 15) is 28.9 Å². The van der Waals surface area contributed by atoms with Gasteiger partial charge in [0.25, 0.3) is 17.5 Å². The molecule has 12 heteroatoms. The first-order valence-electron chi connectivity index (χ1n) is 9.85. The van der Waals surface area contributed by atoms with Crippen LogP contribution in [-0.2, 0) is 4.79 Å². The number of carbonyl (C=O) groups is 3. The Kier molecular flexibility index (Phi) is 8.35. The fourth-order valence-corrected chi connectivity index (χ4v) is 3.08. The monoisotopic (exact) mass is 542 g/mol. The lowest BCUT2D eigenvalue weighted by Crippen LogP contribution is -2.34. The van der Waals surface area contributed by atoms with Crippen molar-refractivity contribution in [3.05, 3.63) is 104 Å². The molecule has 0 aromatic heterocycles. The van der Waals surface area contributed by atoms with Crippen molar-refractivity contribution in [2.45, 2.75) is 0 Å². The van der Waals surface area contributed by atoms with E-state index in [1.807, 2.05) is 0 Å². The lowest BCUT2D eigenvalue weighted by Gasteiger charge is -2.08. The summed E-state index contributed by atoms with van der Waals surface area (Å²) in [5.41, 5.74) is 2.55. The summed E-state index contributed by atoms with van der Waals surface area (Å²) < 4.78 is 19.2. The molecule has 0 unspecified atom stereocenters. The number of amides is 2.